The molecule has 0 amide bonds. The van der Waals surface area contributed by atoms with Crippen molar-refractivity contribution in [3.63, 3.8) is 0 Å². The predicted molar refractivity (Wildman–Crippen MR) is 101 cm³/mol. The molecule has 25 heavy (non-hydrogen) atoms. The molecular weight excluding hydrogens is 312 g/mol. The van der Waals surface area contributed by atoms with Crippen LogP contribution in [0.15, 0.2) is 41.5 Å². The van der Waals surface area contributed by atoms with E-state index in [4.69, 9.17) is 0 Å². The summed E-state index contributed by atoms with van der Waals surface area (Å²) in [5, 5.41) is 15.1. The molecule has 0 aliphatic rings. The van der Waals surface area contributed by atoms with Gasteiger partial charge in [0.25, 0.3) is 0 Å². The second kappa shape index (κ2) is 7.34. The molecule has 0 saturated heterocycles. The molecule has 0 spiro atoms. The number of pyridine rings is 1. The van der Waals surface area contributed by atoms with Crippen molar-refractivity contribution in [1.29, 1.82) is 0 Å². The van der Waals surface area contributed by atoms with Crippen LogP contribution in [0.5, 0.6) is 0 Å². The van der Waals surface area contributed by atoms with Crippen molar-refractivity contribution in [2.75, 3.05) is 7.05 Å². The molecule has 0 unspecified atom stereocenters. The van der Waals surface area contributed by atoms with Crippen LogP contribution in [0, 0.1) is 20.8 Å². The molecule has 2 heterocycles. The molecule has 0 aliphatic heterocycles. The molecule has 1 aromatic carbocycles. The van der Waals surface area contributed by atoms with E-state index in [9.17, 15) is 0 Å². The SMILES string of the molecule is CN=C(NCc1c(C)cc(C)cc1C)NCc1nnc2ccccn12. The molecule has 0 fully saturated rings. The minimum Gasteiger partial charge on any atom is -0.352 e. The van der Waals surface area contributed by atoms with Crippen LogP contribution in [0.25, 0.3) is 5.65 Å². The number of nitrogens with zero attached hydrogens (tertiary/aromatic N) is 4. The first-order valence-electron chi connectivity index (χ1n) is 8.38. The zero-order valence-electron chi connectivity index (χ0n) is 15.2. The summed E-state index contributed by atoms with van der Waals surface area (Å²) in [4.78, 5) is 4.30. The Kier molecular flexibility index (Phi) is 4.97. The minimum absolute atomic E-state index is 0.552. The van der Waals surface area contributed by atoms with Gasteiger partial charge in [-0.05, 0) is 49.6 Å². The van der Waals surface area contributed by atoms with E-state index in [2.05, 4.69) is 58.7 Å². The van der Waals surface area contributed by atoms with Crippen molar-refractivity contribution in [1.82, 2.24) is 25.2 Å². The zero-order valence-corrected chi connectivity index (χ0v) is 15.2. The lowest BCUT2D eigenvalue weighted by atomic mass is 10.00. The molecule has 2 aromatic heterocycles. The summed E-state index contributed by atoms with van der Waals surface area (Å²) in [7, 11) is 1.77. The molecule has 0 atom stereocenters. The first-order chi connectivity index (χ1) is 12.1. The number of guanidine groups is 1. The number of benzene rings is 1. The highest BCUT2D eigenvalue weighted by molar-refractivity contribution is 5.79. The van der Waals surface area contributed by atoms with Gasteiger partial charge in [0.1, 0.15) is 0 Å². The number of rotatable bonds is 4. The number of nitrogens with one attached hydrogen (secondary N) is 2. The molecule has 6 nitrogen and oxygen atoms in total. The summed E-state index contributed by atoms with van der Waals surface area (Å²) >= 11 is 0. The molecule has 0 aliphatic carbocycles. The first-order valence-corrected chi connectivity index (χ1v) is 8.38. The number of hydrogen-bond donors (Lipinski definition) is 2. The second-order valence-corrected chi connectivity index (χ2v) is 6.20. The van der Waals surface area contributed by atoms with Crippen LogP contribution in [-0.2, 0) is 13.1 Å². The summed E-state index contributed by atoms with van der Waals surface area (Å²) in [6.45, 7) is 7.71. The van der Waals surface area contributed by atoms with Crippen molar-refractivity contribution >= 4 is 11.6 Å². The van der Waals surface area contributed by atoms with Gasteiger partial charge in [-0.1, -0.05) is 23.8 Å². The summed E-state index contributed by atoms with van der Waals surface area (Å²) < 4.78 is 1.97. The Morgan fingerprint density at radius 3 is 2.48 bits per heavy atom. The Morgan fingerprint density at radius 1 is 1.04 bits per heavy atom. The smallest absolute Gasteiger partial charge is 0.191 e. The third kappa shape index (κ3) is 3.79. The fraction of sp³-hybridized carbons (Fsp3) is 0.316. The monoisotopic (exact) mass is 336 g/mol. The van der Waals surface area contributed by atoms with E-state index in [0.717, 1.165) is 24.0 Å². The molecule has 0 radical (unpaired) electrons. The van der Waals surface area contributed by atoms with Gasteiger partial charge >= 0.3 is 0 Å². The second-order valence-electron chi connectivity index (χ2n) is 6.20. The first kappa shape index (κ1) is 17.0. The van der Waals surface area contributed by atoms with E-state index in [1.807, 2.05) is 28.8 Å². The van der Waals surface area contributed by atoms with Crippen molar-refractivity contribution in [3.8, 4) is 0 Å². The predicted octanol–water partition coefficient (Wildman–Crippen LogP) is 2.52. The van der Waals surface area contributed by atoms with Gasteiger partial charge in [-0.25, -0.2) is 0 Å². The van der Waals surface area contributed by atoms with Gasteiger partial charge in [0.2, 0.25) is 0 Å². The lowest BCUT2D eigenvalue weighted by molar-refractivity contribution is 0.760. The summed E-state index contributed by atoms with van der Waals surface area (Å²) in [5.41, 5.74) is 6.03. The van der Waals surface area contributed by atoms with Gasteiger partial charge < -0.3 is 10.6 Å². The van der Waals surface area contributed by atoms with Gasteiger partial charge in [0.05, 0.1) is 6.54 Å². The fourth-order valence-electron chi connectivity index (χ4n) is 3.06. The number of fused-ring (bicyclic) bond motifs is 1. The summed E-state index contributed by atoms with van der Waals surface area (Å²) in [6, 6.07) is 10.3. The molecule has 6 heteroatoms. The minimum atomic E-state index is 0.552. The van der Waals surface area contributed by atoms with Crippen LogP contribution in [0.1, 0.15) is 28.1 Å². The number of aromatic nitrogens is 3. The Labute approximate surface area is 148 Å². The average molecular weight is 336 g/mol. The standard InChI is InChI=1S/C19H24N6/c1-13-9-14(2)16(15(3)10-13)11-21-19(20-4)22-12-18-24-23-17-7-5-6-8-25(17)18/h5-10H,11-12H2,1-4H3,(H2,20,21,22). The van der Waals surface area contributed by atoms with Crippen molar-refractivity contribution in [2.24, 2.45) is 4.99 Å². The number of aliphatic imine (C=N–C) groups is 1. The summed E-state index contributed by atoms with van der Waals surface area (Å²) in [5.74, 6) is 1.59. The largest absolute Gasteiger partial charge is 0.352 e. The maximum Gasteiger partial charge on any atom is 0.191 e. The number of aryl methyl sites for hydroxylation is 3. The van der Waals surface area contributed by atoms with Gasteiger partial charge in [-0.15, -0.1) is 10.2 Å². The Bertz CT molecular complexity index is 886. The zero-order chi connectivity index (χ0) is 17.8. The Hall–Kier alpha value is -2.89. The van der Waals surface area contributed by atoms with E-state index in [-0.39, 0.29) is 0 Å². The molecule has 0 bridgehead atoms. The molecule has 3 rings (SSSR count). The van der Waals surface area contributed by atoms with Gasteiger partial charge in [-0.3, -0.25) is 9.39 Å². The molecular formula is C19H24N6. The molecule has 0 saturated carbocycles. The quantitative estimate of drug-likeness (QED) is 0.567. The molecule has 130 valence electrons. The van der Waals surface area contributed by atoms with E-state index >= 15 is 0 Å². The van der Waals surface area contributed by atoms with Crippen LogP contribution in [0.3, 0.4) is 0 Å². The lowest BCUT2D eigenvalue weighted by Gasteiger charge is -2.15. The van der Waals surface area contributed by atoms with E-state index in [0.29, 0.717) is 6.54 Å². The fourth-order valence-corrected chi connectivity index (χ4v) is 3.06. The topological polar surface area (TPSA) is 66.6 Å². The van der Waals surface area contributed by atoms with Gasteiger partial charge in [0, 0.05) is 19.8 Å². The normalized spacial score (nSPS) is 11.8. The van der Waals surface area contributed by atoms with Crippen molar-refractivity contribution < 1.29 is 0 Å². The van der Waals surface area contributed by atoms with Crippen molar-refractivity contribution in [2.45, 2.75) is 33.9 Å². The van der Waals surface area contributed by atoms with E-state index < -0.39 is 0 Å². The third-order valence-electron chi connectivity index (χ3n) is 4.29. The number of hydrogen-bond acceptors (Lipinski definition) is 3. The highest BCUT2D eigenvalue weighted by atomic mass is 15.3. The van der Waals surface area contributed by atoms with Crippen LogP contribution >= 0.6 is 0 Å². The highest BCUT2D eigenvalue weighted by Gasteiger charge is 2.07. The Balaban J connectivity index is 1.64. The molecule has 3 aromatic rings. The Morgan fingerprint density at radius 2 is 1.76 bits per heavy atom. The van der Waals surface area contributed by atoms with Crippen LogP contribution in [0.4, 0.5) is 0 Å². The van der Waals surface area contributed by atoms with Crippen molar-refractivity contribution in [3.05, 3.63) is 64.6 Å². The average Bonchev–Trinajstić information content (AvgIpc) is 3.00. The van der Waals surface area contributed by atoms with Crippen LogP contribution in [-0.4, -0.2) is 27.6 Å². The highest BCUT2D eigenvalue weighted by Crippen LogP contribution is 2.16. The van der Waals surface area contributed by atoms with Gasteiger partial charge in [-0.2, -0.15) is 0 Å². The van der Waals surface area contributed by atoms with Crippen LogP contribution in [0.2, 0.25) is 0 Å². The van der Waals surface area contributed by atoms with E-state index in [1.165, 1.54) is 22.3 Å². The van der Waals surface area contributed by atoms with Gasteiger partial charge in [0.15, 0.2) is 17.4 Å². The van der Waals surface area contributed by atoms with Crippen LogP contribution < -0.4 is 10.6 Å². The third-order valence-corrected chi connectivity index (χ3v) is 4.29. The lowest BCUT2D eigenvalue weighted by Crippen LogP contribution is -2.37. The maximum atomic E-state index is 4.30. The molecule has 2 N–H and O–H groups in total. The van der Waals surface area contributed by atoms with E-state index in [1.54, 1.807) is 7.05 Å². The summed E-state index contributed by atoms with van der Waals surface area (Å²) in [6.07, 6.45) is 1.96. The maximum absolute atomic E-state index is 4.30.